The molecule has 0 bridgehead atoms. The molecule has 6 heteroatoms. The molecular weight excluding hydrogens is 295 g/mol. The number of anilines is 2. The van der Waals surface area contributed by atoms with Gasteiger partial charge in [-0.15, -0.1) is 0 Å². The number of carbonyl (C=O) groups excluding carboxylic acids is 1. The first kappa shape index (κ1) is 14.8. The summed E-state index contributed by atoms with van der Waals surface area (Å²) >= 11 is 0. The molecule has 2 amide bonds. The normalized spacial score (nSPS) is 10.3. The van der Waals surface area contributed by atoms with Crippen molar-refractivity contribution < 1.29 is 9.18 Å². The first-order valence-electron chi connectivity index (χ1n) is 7.06. The number of nitrogens with zero attached hydrogens (tertiary/aromatic N) is 2. The average molecular weight is 310 g/mol. The van der Waals surface area contributed by atoms with Crippen LogP contribution in [0.2, 0.25) is 0 Å². The molecule has 2 N–H and O–H groups in total. The van der Waals surface area contributed by atoms with Gasteiger partial charge in [0.25, 0.3) is 0 Å². The molecule has 1 aromatic heterocycles. The zero-order chi connectivity index (χ0) is 16.2. The first-order valence-corrected chi connectivity index (χ1v) is 7.06. The number of aryl methyl sites for hydroxylation is 1. The standard InChI is InChI=1S/C17H15FN4O/c1-12-9-10-22(21-12)16-7-5-14(6-8-16)19-17(23)20-15-4-2-3-13(18)11-15/h2-11H,1H3,(H2,19,20,23). The van der Waals surface area contributed by atoms with Crippen molar-refractivity contribution >= 4 is 17.4 Å². The zero-order valence-corrected chi connectivity index (χ0v) is 12.5. The Morgan fingerprint density at radius 3 is 2.43 bits per heavy atom. The van der Waals surface area contributed by atoms with Gasteiger partial charge in [-0.3, -0.25) is 0 Å². The van der Waals surface area contributed by atoms with E-state index in [1.54, 1.807) is 22.9 Å². The smallest absolute Gasteiger partial charge is 0.308 e. The Kier molecular flexibility index (Phi) is 4.05. The Labute approximate surface area is 132 Å². The van der Waals surface area contributed by atoms with Gasteiger partial charge in [0, 0.05) is 17.6 Å². The van der Waals surface area contributed by atoms with Gasteiger partial charge in [-0.25, -0.2) is 13.9 Å². The Bertz CT molecular complexity index is 827. The summed E-state index contributed by atoms with van der Waals surface area (Å²) in [6, 6.07) is 14.5. The summed E-state index contributed by atoms with van der Waals surface area (Å²) in [6.07, 6.45) is 1.87. The van der Waals surface area contributed by atoms with Crippen LogP contribution in [0.25, 0.3) is 5.69 Å². The van der Waals surface area contributed by atoms with Crippen LogP contribution in [0.4, 0.5) is 20.6 Å². The highest BCUT2D eigenvalue weighted by Crippen LogP contribution is 2.14. The predicted octanol–water partition coefficient (Wildman–Crippen LogP) is 3.96. The van der Waals surface area contributed by atoms with E-state index in [9.17, 15) is 9.18 Å². The number of hydrogen-bond acceptors (Lipinski definition) is 2. The summed E-state index contributed by atoms with van der Waals surface area (Å²) < 4.78 is 14.8. The lowest BCUT2D eigenvalue weighted by atomic mass is 10.3. The second-order valence-electron chi connectivity index (χ2n) is 5.04. The van der Waals surface area contributed by atoms with Crippen molar-refractivity contribution in [2.24, 2.45) is 0 Å². The van der Waals surface area contributed by atoms with Crippen LogP contribution in [0.5, 0.6) is 0 Å². The summed E-state index contributed by atoms with van der Waals surface area (Å²) in [5.41, 5.74) is 2.86. The lowest BCUT2D eigenvalue weighted by Gasteiger charge is -2.08. The molecule has 0 aliphatic carbocycles. The van der Waals surface area contributed by atoms with Gasteiger partial charge in [0.1, 0.15) is 5.82 Å². The van der Waals surface area contributed by atoms with Gasteiger partial charge in [0.15, 0.2) is 0 Å². The second kappa shape index (κ2) is 6.31. The molecule has 0 spiro atoms. The molecule has 0 aliphatic rings. The van der Waals surface area contributed by atoms with Crippen LogP contribution < -0.4 is 10.6 Å². The maximum Gasteiger partial charge on any atom is 0.323 e. The molecule has 0 unspecified atom stereocenters. The van der Waals surface area contributed by atoms with E-state index < -0.39 is 11.8 Å². The fourth-order valence-electron chi connectivity index (χ4n) is 2.12. The number of urea groups is 1. The van der Waals surface area contributed by atoms with Crippen LogP contribution in [-0.4, -0.2) is 15.8 Å². The molecule has 1 heterocycles. The molecule has 23 heavy (non-hydrogen) atoms. The quantitative estimate of drug-likeness (QED) is 0.769. The summed E-state index contributed by atoms with van der Waals surface area (Å²) in [7, 11) is 0. The minimum atomic E-state index is -0.432. The third-order valence-electron chi connectivity index (χ3n) is 3.19. The number of carbonyl (C=O) groups is 1. The molecule has 0 saturated heterocycles. The second-order valence-corrected chi connectivity index (χ2v) is 5.04. The number of nitrogens with one attached hydrogen (secondary N) is 2. The van der Waals surface area contributed by atoms with E-state index >= 15 is 0 Å². The van der Waals surface area contributed by atoms with Gasteiger partial charge in [0.05, 0.1) is 11.4 Å². The van der Waals surface area contributed by atoms with Gasteiger partial charge >= 0.3 is 6.03 Å². The highest BCUT2D eigenvalue weighted by atomic mass is 19.1. The first-order chi connectivity index (χ1) is 11.1. The van der Waals surface area contributed by atoms with Crippen LogP contribution in [0.15, 0.2) is 60.8 Å². The Morgan fingerprint density at radius 2 is 1.78 bits per heavy atom. The van der Waals surface area contributed by atoms with Crippen LogP contribution >= 0.6 is 0 Å². The van der Waals surface area contributed by atoms with Crippen molar-refractivity contribution in [1.29, 1.82) is 0 Å². The predicted molar refractivity (Wildman–Crippen MR) is 87.3 cm³/mol. The highest BCUT2D eigenvalue weighted by molar-refractivity contribution is 5.99. The topological polar surface area (TPSA) is 59.0 Å². The number of halogens is 1. The lowest BCUT2D eigenvalue weighted by molar-refractivity contribution is 0.262. The third-order valence-corrected chi connectivity index (χ3v) is 3.19. The SMILES string of the molecule is Cc1ccn(-c2ccc(NC(=O)Nc3cccc(F)c3)cc2)n1. The average Bonchev–Trinajstić information content (AvgIpc) is 2.94. The molecule has 116 valence electrons. The summed E-state index contributed by atoms with van der Waals surface area (Å²) in [4.78, 5) is 11.9. The molecular formula is C17H15FN4O. The van der Waals surface area contributed by atoms with Crippen LogP contribution in [0.1, 0.15) is 5.69 Å². The number of rotatable bonds is 3. The van der Waals surface area contributed by atoms with Crippen molar-refractivity contribution in [3.63, 3.8) is 0 Å². The molecule has 0 saturated carbocycles. The van der Waals surface area contributed by atoms with Crippen molar-refractivity contribution in [1.82, 2.24) is 9.78 Å². The van der Waals surface area contributed by atoms with E-state index in [1.165, 1.54) is 18.2 Å². The van der Waals surface area contributed by atoms with E-state index in [2.05, 4.69) is 15.7 Å². The maximum atomic E-state index is 13.1. The Morgan fingerprint density at radius 1 is 1.04 bits per heavy atom. The van der Waals surface area contributed by atoms with Crippen molar-refractivity contribution in [2.45, 2.75) is 6.92 Å². The largest absolute Gasteiger partial charge is 0.323 e. The van der Waals surface area contributed by atoms with Gasteiger partial charge in [-0.2, -0.15) is 5.10 Å². The zero-order valence-electron chi connectivity index (χ0n) is 12.5. The van der Waals surface area contributed by atoms with E-state index in [0.717, 1.165) is 11.4 Å². The molecule has 3 aromatic rings. The maximum absolute atomic E-state index is 13.1. The molecule has 2 aromatic carbocycles. The minimum absolute atomic E-state index is 0.395. The molecule has 3 rings (SSSR count). The highest BCUT2D eigenvalue weighted by Gasteiger charge is 2.04. The van der Waals surface area contributed by atoms with Gasteiger partial charge in [-0.1, -0.05) is 6.07 Å². The van der Waals surface area contributed by atoms with Gasteiger partial charge in [0.2, 0.25) is 0 Å². The summed E-state index contributed by atoms with van der Waals surface area (Å²) in [5, 5.41) is 9.58. The minimum Gasteiger partial charge on any atom is -0.308 e. The van der Waals surface area contributed by atoms with Crippen molar-refractivity contribution in [3.8, 4) is 5.69 Å². The Balaban J connectivity index is 1.65. The fourth-order valence-corrected chi connectivity index (χ4v) is 2.12. The molecule has 5 nitrogen and oxygen atoms in total. The van der Waals surface area contributed by atoms with Crippen LogP contribution in [0, 0.1) is 12.7 Å². The Hall–Kier alpha value is -3.15. The van der Waals surface area contributed by atoms with Crippen molar-refractivity contribution in [2.75, 3.05) is 10.6 Å². The molecule has 0 atom stereocenters. The number of benzene rings is 2. The number of hydrogen-bond donors (Lipinski definition) is 2. The lowest BCUT2D eigenvalue weighted by Crippen LogP contribution is -2.19. The molecule has 0 radical (unpaired) electrons. The molecule has 0 aliphatic heterocycles. The van der Waals surface area contributed by atoms with Gasteiger partial charge in [-0.05, 0) is 55.5 Å². The van der Waals surface area contributed by atoms with E-state index in [-0.39, 0.29) is 0 Å². The third kappa shape index (κ3) is 3.74. The van der Waals surface area contributed by atoms with E-state index in [1.807, 2.05) is 31.3 Å². The summed E-state index contributed by atoms with van der Waals surface area (Å²) in [6.45, 7) is 1.92. The summed E-state index contributed by atoms with van der Waals surface area (Å²) in [5.74, 6) is -0.401. The number of aromatic nitrogens is 2. The monoisotopic (exact) mass is 310 g/mol. The fraction of sp³-hybridized carbons (Fsp3) is 0.0588. The van der Waals surface area contributed by atoms with E-state index in [0.29, 0.717) is 11.4 Å². The molecule has 0 fully saturated rings. The number of amides is 2. The van der Waals surface area contributed by atoms with Gasteiger partial charge < -0.3 is 10.6 Å². The van der Waals surface area contributed by atoms with Crippen LogP contribution in [-0.2, 0) is 0 Å². The van der Waals surface area contributed by atoms with E-state index in [4.69, 9.17) is 0 Å². The van der Waals surface area contributed by atoms with Crippen molar-refractivity contribution in [3.05, 3.63) is 72.3 Å². The van der Waals surface area contributed by atoms with Crippen LogP contribution in [0.3, 0.4) is 0 Å².